The highest BCUT2D eigenvalue weighted by Gasteiger charge is 2.16. The average Bonchev–Trinajstić information content (AvgIpc) is 3.17. The number of nitrogens with zero attached hydrogens (tertiary/aromatic N) is 6. The second kappa shape index (κ2) is 8.58. The molecule has 10 nitrogen and oxygen atoms in total. The number of methoxy groups -OCH3 is 2. The maximum absolute atomic E-state index is 5.40. The van der Waals surface area contributed by atoms with Gasteiger partial charge >= 0.3 is 0 Å². The van der Waals surface area contributed by atoms with Gasteiger partial charge in [0.25, 0.3) is 0 Å². The topological polar surface area (TPSA) is 99.5 Å². The first-order chi connectivity index (χ1) is 14.2. The number of hydrogen-bond acceptors (Lipinski definition) is 9. The molecule has 0 saturated carbocycles. The molecular weight excluding hydrogens is 374 g/mol. The van der Waals surface area contributed by atoms with Crippen LogP contribution in [0.1, 0.15) is 5.82 Å². The first-order valence-corrected chi connectivity index (χ1v) is 9.56. The lowest BCUT2D eigenvalue weighted by atomic mass is 10.2. The Morgan fingerprint density at radius 3 is 2.66 bits per heavy atom. The van der Waals surface area contributed by atoms with Crippen LogP contribution in [0.25, 0.3) is 16.9 Å². The van der Waals surface area contributed by atoms with E-state index in [1.165, 1.54) is 0 Å². The molecule has 1 aliphatic rings. The Hall–Kier alpha value is -2.98. The van der Waals surface area contributed by atoms with Crippen LogP contribution in [-0.4, -0.2) is 83.5 Å². The van der Waals surface area contributed by atoms with Crippen LogP contribution < -0.4 is 14.8 Å². The lowest BCUT2D eigenvalue weighted by molar-refractivity contribution is 0.0398. The molecule has 1 N–H and O–H groups in total. The SMILES string of the molecule is COc1ccc(-n2nnc3c(NCCN4CCOCC4)nc(C)nc32)cc1OC. The number of morpholine rings is 1. The Morgan fingerprint density at radius 1 is 1.10 bits per heavy atom. The van der Waals surface area contributed by atoms with Crippen molar-refractivity contribution in [2.24, 2.45) is 0 Å². The van der Waals surface area contributed by atoms with E-state index < -0.39 is 0 Å². The molecule has 0 spiro atoms. The van der Waals surface area contributed by atoms with Crippen molar-refractivity contribution in [2.45, 2.75) is 6.92 Å². The van der Waals surface area contributed by atoms with Crippen molar-refractivity contribution in [2.75, 3.05) is 58.9 Å². The number of aryl methyl sites for hydroxylation is 1. The Kier molecular flexibility index (Phi) is 5.72. The van der Waals surface area contributed by atoms with Crippen molar-refractivity contribution >= 4 is 17.0 Å². The van der Waals surface area contributed by atoms with E-state index in [1.807, 2.05) is 25.1 Å². The minimum atomic E-state index is 0.614. The van der Waals surface area contributed by atoms with Gasteiger partial charge in [-0.05, 0) is 19.1 Å². The number of aromatic nitrogens is 5. The fraction of sp³-hybridized carbons (Fsp3) is 0.474. The number of anilines is 1. The molecule has 0 amide bonds. The number of benzene rings is 1. The molecule has 4 rings (SSSR count). The predicted molar refractivity (Wildman–Crippen MR) is 108 cm³/mol. The molecule has 0 bridgehead atoms. The largest absolute Gasteiger partial charge is 0.493 e. The van der Waals surface area contributed by atoms with Crippen molar-refractivity contribution in [3.63, 3.8) is 0 Å². The van der Waals surface area contributed by atoms with Gasteiger partial charge < -0.3 is 19.5 Å². The third-order valence-electron chi connectivity index (χ3n) is 4.85. The average molecular weight is 399 g/mol. The van der Waals surface area contributed by atoms with E-state index in [2.05, 4.69) is 30.5 Å². The fourth-order valence-corrected chi connectivity index (χ4v) is 3.33. The molecule has 1 aromatic carbocycles. The number of rotatable bonds is 7. The van der Waals surface area contributed by atoms with Crippen molar-refractivity contribution in [3.05, 3.63) is 24.0 Å². The molecule has 0 radical (unpaired) electrons. The summed E-state index contributed by atoms with van der Waals surface area (Å²) < 4.78 is 17.8. The van der Waals surface area contributed by atoms with Gasteiger partial charge in [0.1, 0.15) is 5.82 Å². The van der Waals surface area contributed by atoms with Crippen LogP contribution in [0.15, 0.2) is 18.2 Å². The third kappa shape index (κ3) is 4.08. The second-order valence-corrected chi connectivity index (χ2v) is 6.71. The maximum Gasteiger partial charge on any atom is 0.189 e. The Bertz CT molecular complexity index is 985. The van der Waals surface area contributed by atoms with Crippen LogP contribution in [0.4, 0.5) is 5.82 Å². The summed E-state index contributed by atoms with van der Waals surface area (Å²) in [6, 6.07) is 5.56. The number of fused-ring (bicyclic) bond motifs is 1. The van der Waals surface area contributed by atoms with E-state index in [0.29, 0.717) is 34.3 Å². The molecule has 1 saturated heterocycles. The molecule has 29 heavy (non-hydrogen) atoms. The van der Waals surface area contributed by atoms with E-state index in [-0.39, 0.29) is 0 Å². The molecule has 3 aromatic rings. The monoisotopic (exact) mass is 399 g/mol. The van der Waals surface area contributed by atoms with E-state index in [4.69, 9.17) is 14.2 Å². The van der Waals surface area contributed by atoms with Crippen molar-refractivity contribution in [3.8, 4) is 17.2 Å². The summed E-state index contributed by atoms with van der Waals surface area (Å²) in [7, 11) is 3.21. The quantitative estimate of drug-likeness (QED) is 0.630. The van der Waals surface area contributed by atoms with Gasteiger partial charge in [-0.1, -0.05) is 5.21 Å². The minimum absolute atomic E-state index is 0.614. The highest BCUT2D eigenvalue weighted by molar-refractivity contribution is 5.83. The highest BCUT2D eigenvalue weighted by atomic mass is 16.5. The summed E-state index contributed by atoms with van der Waals surface area (Å²) in [5, 5.41) is 12.0. The lowest BCUT2D eigenvalue weighted by Crippen LogP contribution is -2.39. The number of hydrogen-bond donors (Lipinski definition) is 1. The van der Waals surface area contributed by atoms with Crippen LogP contribution >= 0.6 is 0 Å². The summed E-state index contributed by atoms with van der Waals surface area (Å²) in [6.45, 7) is 7.02. The van der Waals surface area contributed by atoms with E-state index >= 15 is 0 Å². The van der Waals surface area contributed by atoms with Gasteiger partial charge in [0.2, 0.25) is 0 Å². The van der Waals surface area contributed by atoms with Gasteiger partial charge in [-0.3, -0.25) is 4.90 Å². The summed E-state index contributed by atoms with van der Waals surface area (Å²) >= 11 is 0. The molecule has 0 atom stereocenters. The molecule has 10 heteroatoms. The highest BCUT2D eigenvalue weighted by Crippen LogP contribution is 2.30. The standard InChI is InChI=1S/C19H25N7O3/c1-13-21-18(20-6-7-25-8-10-29-11-9-25)17-19(22-13)26(24-23-17)14-4-5-15(27-2)16(12-14)28-3/h4-5,12H,6-11H2,1-3H3,(H,20,21,22). The summed E-state index contributed by atoms with van der Waals surface area (Å²) in [5.74, 6) is 2.60. The minimum Gasteiger partial charge on any atom is -0.493 e. The predicted octanol–water partition coefficient (Wildman–Crippen LogP) is 1.28. The van der Waals surface area contributed by atoms with Gasteiger partial charge in [-0.25, -0.2) is 9.97 Å². The van der Waals surface area contributed by atoms with Crippen molar-refractivity contribution in [1.82, 2.24) is 29.9 Å². The van der Waals surface area contributed by atoms with E-state index in [9.17, 15) is 0 Å². The summed E-state index contributed by atoms with van der Waals surface area (Å²) in [5.41, 5.74) is 2.05. The van der Waals surface area contributed by atoms with Gasteiger partial charge in [0, 0.05) is 32.2 Å². The van der Waals surface area contributed by atoms with E-state index in [1.54, 1.807) is 18.9 Å². The number of nitrogens with one attached hydrogen (secondary N) is 1. The van der Waals surface area contributed by atoms with Gasteiger partial charge in [0.05, 0.1) is 33.1 Å². The van der Waals surface area contributed by atoms with Gasteiger partial charge in [-0.15, -0.1) is 5.10 Å². The normalized spacial score (nSPS) is 14.9. The summed E-state index contributed by atoms with van der Waals surface area (Å²) in [4.78, 5) is 11.4. The van der Waals surface area contributed by atoms with Gasteiger partial charge in [-0.2, -0.15) is 4.68 Å². The molecular formula is C19H25N7O3. The first kappa shape index (κ1) is 19.3. The Morgan fingerprint density at radius 2 is 1.90 bits per heavy atom. The van der Waals surface area contributed by atoms with Gasteiger partial charge in [0.15, 0.2) is 28.5 Å². The second-order valence-electron chi connectivity index (χ2n) is 6.71. The summed E-state index contributed by atoms with van der Waals surface area (Å²) in [6.07, 6.45) is 0. The molecule has 154 valence electrons. The van der Waals surface area contributed by atoms with Crippen molar-refractivity contribution in [1.29, 1.82) is 0 Å². The molecule has 1 fully saturated rings. The van der Waals surface area contributed by atoms with Crippen LogP contribution in [0.2, 0.25) is 0 Å². The third-order valence-corrected chi connectivity index (χ3v) is 4.85. The van der Waals surface area contributed by atoms with Crippen molar-refractivity contribution < 1.29 is 14.2 Å². The van der Waals surface area contributed by atoms with Crippen LogP contribution in [-0.2, 0) is 4.74 Å². The lowest BCUT2D eigenvalue weighted by Gasteiger charge is -2.26. The smallest absolute Gasteiger partial charge is 0.189 e. The van der Waals surface area contributed by atoms with Crippen LogP contribution in [0.5, 0.6) is 11.5 Å². The molecule has 0 aliphatic carbocycles. The maximum atomic E-state index is 5.40. The molecule has 2 aromatic heterocycles. The Labute approximate surface area is 168 Å². The van der Waals surface area contributed by atoms with Crippen LogP contribution in [0, 0.1) is 6.92 Å². The molecule has 1 aliphatic heterocycles. The van der Waals surface area contributed by atoms with E-state index in [0.717, 1.165) is 45.1 Å². The molecule has 0 unspecified atom stereocenters. The fourth-order valence-electron chi connectivity index (χ4n) is 3.33. The first-order valence-electron chi connectivity index (χ1n) is 9.56. The zero-order chi connectivity index (χ0) is 20.2. The zero-order valence-electron chi connectivity index (χ0n) is 16.9. The van der Waals surface area contributed by atoms with Crippen LogP contribution in [0.3, 0.4) is 0 Å². The number of ether oxygens (including phenoxy) is 3. The Balaban J connectivity index is 1.59. The zero-order valence-corrected chi connectivity index (χ0v) is 16.9. The molecule has 3 heterocycles.